The number of hydrogen-bond acceptors (Lipinski definition) is 3. The van der Waals surface area contributed by atoms with Crippen molar-refractivity contribution in [1.82, 2.24) is 0 Å². The van der Waals surface area contributed by atoms with E-state index in [9.17, 15) is 4.39 Å². The fourth-order valence-corrected chi connectivity index (χ4v) is 2.45. The molecule has 0 aliphatic rings. The zero-order valence-electron chi connectivity index (χ0n) is 12.0. The molecule has 0 aliphatic carbocycles. The smallest absolute Gasteiger partial charge is 0.203 e. The second-order valence-corrected chi connectivity index (χ2v) is 4.77. The summed E-state index contributed by atoms with van der Waals surface area (Å²) in [4.78, 5) is 0. The summed E-state index contributed by atoms with van der Waals surface area (Å²) in [5.74, 6) is 1.23. The molecular formula is C16H16ClFO3. The van der Waals surface area contributed by atoms with Crippen molar-refractivity contribution in [2.24, 2.45) is 0 Å². The average molecular weight is 311 g/mol. The minimum Gasteiger partial charge on any atom is -0.493 e. The van der Waals surface area contributed by atoms with Gasteiger partial charge in [0.25, 0.3) is 0 Å². The van der Waals surface area contributed by atoms with E-state index >= 15 is 0 Å². The van der Waals surface area contributed by atoms with Crippen molar-refractivity contribution in [3.63, 3.8) is 0 Å². The van der Waals surface area contributed by atoms with Gasteiger partial charge in [-0.05, 0) is 29.8 Å². The summed E-state index contributed by atoms with van der Waals surface area (Å²) in [6.07, 6.45) is 0. The van der Waals surface area contributed by atoms with Gasteiger partial charge in [0.2, 0.25) is 5.75 Å². The van der Waals surface area contributed by atoms with Crippen LogP contribution in [0.25, 0.3) is 0 Å². The van der Waals surface area contributed by atoms with Crippen LogP contribution >= 0.6 is 11.6 Å². The molecule has 0 heterocycles. The van der Waals surface area contributed by atoms with Crippen molar-refractivity contribution in [2.75, 3.05) is 21.3 Å². The number of benzene rings is 2. The lowest BCUT2D eigenvalue weighted by Gasteiger charge is -2.18. The lowest BCUT2D eigenvalue weighted by atomic mass is 10.0. The first kappa shape index (κ1) is 15.4. The third-order valence-electron chi connectivity index (χ3n) is 3.17. The fraction of sp³-hybridized carbons (Fsp3) is 0.250. The fourth-order valence-electron chi connectivity index (χ4n) is 2.14. The van der Waals surface area contributed by atoms with Crippen LogP contribution in [0.5, 0.6) is 17.2 Å². The Kier molecular flexibility index (Phi) is 4.91. The van der Waals surface area contributed by atoms with E-state index in [1.165, 1.54) is 26.4 Å². The van der Waals surface area contributed by atoms with Crippen molar-refractivity contribution >= 4 is 11.6 Å². The highest BCUT2D eigenvalue weighted by Crippen LogP contribution is 2.45. The highest BCUT2D eigenvalue weighted by Gasteiger charge is 2.22. The van der Waals surface area contributed by atoms with E-state index in [0.717, 1.165) is 11.1 Å². The molecule has 112 valence electrons. The Morgan fingerprint density at radius 1 is 0.857 bits per heavy atom. The molecule has 0 bridgehead atoms. The van der Waals surface area contributed by atoms with Crippen LogP contribution in [0.1, 0.15) is 16.5 Å². The van der Waals surface area contributed by atoms with Crippen LogP contribution in [-0.2, 0) is 0 Å². The minimum absolute atomic E-state index is 0.304. The summed E-state index contributed by atoms with van der Waals surface area (Å²) in [6.45, 7) is 0. The van der Waals surface area contributed by atoms with Gasteiger partial charge in [0.15, 0.2) is 11.5 Å². The Morgan fingerprint density at radius 2 is 1.48 bits per heavy atom. The van der Waals surface area contributed by atoms with Crippen molar-refractivity contribution in [2.45, 2.75) is 5.38 Å². The third-order valence-corrected chi connectivity index (χ3v) is 3.66. The normalized spacial score (nSPS) is 11.9. The number of rotatable bonds is 5. The Labute approximate surface area is 128 Å². The molecule has 2 aromatic rings. The zero-order chi connectivity index (χ0) is 15.4. The van der Waals surface area contributed by atoms with Crippen molar-refractivity contribution < 1.29 is 18.6 Å². The first-order valence-electron chi connectivity index (χ1n) is 6.30. The molecule has 0 spiro atoms. The minimum atomic E-state index is -0.486. The number of hydrogen-bond donors (Lipinski definition) is 0. The predicted molar refractivity (Wildman–Crippen MR) is 80.2 cm³/mol. The van der Waals surface area contributed by atoms with Gasteiger partial charge in [0, 0.05) is 5.56 Å². The molecule has 0 amide bonds. The molecule has 1 atom stereocenters. The molecule has 0 saturated heterocycles. The molecule has 0 aromatic heterocycles. The topological polar surface area (TPSA) is 27.7 Å². The lowest BCUT2D eigenvalue weighted by Crippen LogP contribution is -2.01. The number of halogens is 2. The van der Waals surface area contributed by atoms with Gasteiger partial charge in [-0.2, -0.15) is 0 Å². The van der Waals surface area contributed by atoms with Gasteiger partial charge >= 0.3 is 0 Å². The zero-order valence-corrected chi connectivity index (χ0v) is 12.8. The maximum absolute atomic E-state index is 13.0. The quantitative estimate of drug-likeness (QED) is 0.775. The van der Waals surface area contributed by atoms with Crippen LogP contribution in [0.4, 0.5) is 4.39 Å². The summed E-state index contributed by atoms with van der Waals surface area (Å²) in [7, 11) is 4.62. The molecule has 0 saturated carbocycles. The molecule has 3 nitrogen and oxygen atoms in total. The van der Waals surface area contributed by atoms with E-state index in [1.807, 2.05) is 0 Å². The van der Waals surface area contributed by atoms with Crippen LogP contribution in [-0.4, -0.2) is 21.3 Å². The third kappa shape index (κ3) is 3.05. The predicted octanol–water partition coefficient (Wildman–Crippen LogP) is 4.18. The van der Waals surface area contributed by atoms with Gasteiger partial charge in [-0.15, -0.1) is 11.6 Å². The molecule has 2 aromatic carbocycles. The Hall–Kier alpha value is -1.94. The first-order chi connectivity index (χ1) is 10.1. The van der Waals surface area contributed by atoms with Crippen LogP contribution in [0, 0.1) is 5.82 Å². The van der Waals surface area contributed by atoms with E-state index in [4.69, 9.17) is 25.8 Å². The van der Waals surface area contributed by atoms with E-state index in [1.54, 1.807) is 31.4 Å². The second-order valence-electron chi connectivity index (χ2n) is 4.34. The molecular weight excluding hydrogens is 295 g/mol. The van der Waals surface area contributed by atoms with Gasteiger partial charge in [-0.25, -0.2) is 4.39 Å². The van der Waals surface area contributed by atoms with Gasteiger partial charge in [0.05, 0.1) is 26.7 Å². The summed E-state index contributed by atoms with van der Waals surface area (Å²) < 4.78 is 29.0. The van der Waals surface area contributed by atoms with Gasteiger partial charge in [-0.3, -0.25) is 0 Å². The van der Waals surface area contributed by atoms with Crippen LogP contribution in [0.2, 0.25) is 0 Å². The lowest BCUT2D eigenvalue weighted by molar-refractivity contribution is 0.322. The molecule has 0 fully saturated rings. The standard InChI is InChI=1S/C16H16ClFO3/c1-19-13-9-8-12(15(20-2)16(13)21-3)14(17)10-4-6-11(18)7-5-10/h4-9,14H,1-3H3. The van der Waals surface area contributed by atoms with E-state index in [-0.39, 0.29) is 5.82 Å². The summed E-state index contributed by atoms with van der Waals surface area (Å²) in [6, 6.07) is 9.60. The SMILES string of the molecule is COc1ccc(C(Cl)c2ccc(F)cc2)c(OC)c1OC. The van der Waals surface area contributed by atoms with Gasteiger partial charge in [0.1, 0.15) is 5.82 Å². The van der Waals surface area contributed by atoms with Crippen LogP contribution < -0.4 is 14.2 Å². The molecule has 5 heteroatoms. The molecule has 0 N–H and O–H groups in total. The Morgan fingerprint density at radius 3 is 2.00 bits per heavy atom. The highest BCUT2D eigenvalue weighted by atomic mass is 35.5. The maximum Gasteiger partial charge on any atom is 0.203 e. The van der Waals surface area contributed by atoms with Gasteiger partial charge < -0.3 is 14.2 Å². The Balaban J connectivity index is 2.50. The average Bonchev–Trinajstić information content (AvgIpc) is 2.53. The van der Waals surface area contributed by atoms with Crippen molar-refractivity contribution in [3.05, 3.63) is 53.3 Å². The van der Waals surface area contributed by atoms with E-state index in [0.29, 0.717) is 17.2 Å². The molecule has 2 rings (SSSR count). The second kappa shape index (κ2) is 6.68. The molecule has 0 radical (unpaired) electrons. The van der Waals surface area contributed by atoms with Crippen LogP contribution in [0.15, 0.2) is 36.4 Å². The summed E-state index contributed by atoms with van der Waals surface area (Å²) >= 11 is 6.49. The number of methoxy groups -OCH3 is 3. The van der Waals surface area contributed by atoms with Crippen LogP contribution in [0.3, 0.4) is 0 Å². The molecule has 1 unspecified atom stereocenters. The van der Waals surface area contributed by atoms with E-state index in [2.05, 4.69) is 0 Å². The first-order valence-corrected chi connectivity index (χ1v) is 6.74. The van der Waals surface area contributed by atoms with Crippen molar-refractivity contribution in [1.29, 1.82) is 0 Å². The monoisotopic (exact) mass is 310 g/mol. The van der Waals surface area contributed by atoms with Crippen molar-refractivity contribution in [3.8, 4) is 17.2 Å². The highest BCUT2D eigenvalue weighted by molar-refractivity contribution is 6.22. The molecule has 0 aliphatic heterocycles. The summed E-state index contributed by atoms with van der Waals surface area (Å²) in [5, 5.41) is -0.486. The number of ether oxygens (including phenoxy) is 3. The van der Waals surface area contributed by atoms with E-state index < -0.39 is 5.38 Å². The largest absolute Gasteiger partial charge is 0.493 e. The Bertz CT molecular complexity index is 614. The maximum atomic E-state index is 13.0. The molecule has 21 heavy (non-hydrogen) atoms. The van der Waals surface area contributed by atoms with Gasteiger partial charge in [-0.1, -0.05) is 12.1 Å². The number of alkyl halides is 1. The summed E-state index contributed by atoms with van der Waals surface area (Å²) in [5.41, 5.74) is 1.49.